The first-order valence-corrected chi connectivity index (χ1v) is 7.70. The van der Waals surface area contributed by atoms with Gasteiger partial charge >= 0.3 is 0 Å². The monoisotopic (exact) mass is 310 g/mol. The number of nitrogens with one attached hydrogen (secondary N) is 1. The van der Waals surface area contributed by atoms with Gasteiger partial charge in [-0.3, -0.25) is 4.79 Å². The molecule has 4 heteroatoms. The molecule has 3 nitrogen and oxygen atoms in total. The zero-order valence-corrected chi connectivity index (χ0v) is 14.1. The first-order valence-electron chi connectivity index (χ1n) is 7.70. The molecular formula is C17H27ClN2O. The molecule has 0 aromatic heterocycles. The van der Waals surface area contributed by atoms with Crippen LogP contribution in [0.25, 0.3) is 0 Å². The van der Waals surface area contributed by atoms with E-state index < -0.39 is 0 Å². The Morgan fingerprint density at radius 3 is 2.62 bits per heavy atom. The van der Waals surface area contributed by atoms with Gasteiger partial charge in [-0.1, -0.05) is 38.1 Å². The number of benzene rings is 1. The highest BCUT2D eigenvalue weighted by Gasteiger charge is 2.22. The fourth-order valence-electron chi connectivity index (χ4n) is 2.75. The molecule has 1 aromatic rings. The van der Waals surface area contributed by atoms with Crippen LogP contribution in [0.5, 0.6) is 0 Å². The van der Waals surface area contributed by atoms with Crippen LogP contribution in [0.15, 0.2) is 24.3 Å². The summed E-state index contributed by atoms with van der Waals surface area (Å²) in [5.74, 6) is 0.573. The summed E-state index contributed by atoms with van der Waals surface area (Å²) < 4.78 is 0. The topological polar surface area (TPSA) is 32.3 Å². The summed E-state index contributed by atoms with van der Waals surface area (Å²) in [6.45, 7) is 9.02. The third-order valence-corrected chi connectivity index (χ3v) is 4.16. The third-order valence-electron chi connectivity index (χ3n) is 4.16. The van der Waals surface area contributed by atoms with Crippen molar-refractivity contribution in [1.29, 1.82) is 0 Å². The molecular weight excluding hydrogens is 284 g/mol. The second-order valence-electron chi connectivity index (χ2n) is 5.90. The van der Waals surface area contributed by atoms with Gasteiger partial charge in [0.05, 0.1) is 0 Å². The molecule has 21 heavy (non-hydrogen) atoms. The molecule has 0 bridgehead atoms. The molecule has 1 heterocycles. The van der Waals surface area contributed by atoms with E-state index in [-0.39, 0.29) is 18.3 Å². The number of hydrogen-bond acceptors (Lipinski definition) is 2. The zero-order valence-electron chi connectivity index (χ0n) is 13.3. The second-order valence-corrected chi connectivity index (χ2v) is 5.90. The van der Waals surface area contributed by atoms with Crippen molar-refractivity contribution >= 4 is 18.3 Å². The quantitative estimate of drug-likeness (QED) is 0.927. The SMILES string of the molecule is CCc1ccc(C(C)CC(=O)N2CCNC(C)C2)cc1.Cl. The zero-order chi connectivity index (χ0) is 14.5. The van der Waals surface area contributed by atoms with Gasteiger partial charge in [-0.05, 0) is 30.4 Å². The number of aryl methyl sites for hydroxylation is 1. The van der Waals surface area contributed by atoms with Crippen molar-refractivity contribution in [3.05, 3.63) is 35.4 Å². The number of carbonyl (C=O) groups excluding carboxylic acids is 1. The summed E-state index contributed by atoms with van der Waals surface area (Å²) in [4.78, 5) is 14.3. The number of rotatable bonds is 4. The van der Waals surface area contributed by atoms with Crippen molar-refractivity contribution in [2.45, 2.75) is 45.6 Å². The van der Waals surface area contributed by atoms with Gasteiger partial charge in [0, 0.05) is 32.1 Å². The highest BCUT2D eigenvalue weighted by molar-refractivity contribution is 5.85. The Balaban J connectivity index is 0.00000220. The van der Waals surface area contributed by atoms with Crippen molar-refractivity contribution < 1.29 is 4.79 Å². The Labute approximate surface area is 134 Å². The fourth-order valence-corrected chi connectivity index (χ4v) is 2.75. The second kappa shape index (κ2) is 8.40. The molecule has 1 N–H and O–H groups in total. The van der Waals surface area contributed by atoms with Gasteiger partial charge in [0.1, 0.15) is 0 Å². The fraction of sp³-hybridized carbons (Fsp3) is 0.588. The van der Waals surface area contributed by atoms with Crippen LogP contribution < -0.4 is 5.32 Å². The standard InChI is InChI=1S/C17H26N2O.ClH/c1-4-15-5-7-16(8-6-15)13(2)11-17(20)19-10-9-18-14(3)12-19;/h5-8,13-14,18H,4,9-12H2,1-3H3;1H. The number of hydrogen-bond donors (Lipinski definition) is 1. The first-order chi connectivity index (χ1) is 9.60. The van der Waals surface area contributed by atoms with Gasteiger partial charge in [0.2, 0.25) is 5.91 Å². The van der Waals surface area contributed by atoms with Crippen LogP contribution in [0, 0.1) is 0 Å². The predicted molar refractivity (Wildman–Crippen MR) is 90.1 cm³/mol. The van der Waals surface area contributed by atoms with E-state index in [1.807, 2.05) is 4.90 Å². The van der Waals surface area contributed by atoms with Crippen molar-refractivity contribution in [2.75, 3.05) is 19.6 Å². The first kappa shape index (κ1) is 18.0. The lowest BCUT2D eigenvalue weighted by Crippen LogP contribution is -2.51. The van der Waals surface area contributed by atoms with Crippen molar-refractivity contribution in [1.82, 2.24) is 10.2 Å². The van der Waals surface area contributed by atoms with Gasteiger partial charge in [-0.25, -0.2) is 0 Å². The van der Waals surface area contributed by atoms with Crippen LogP contribution in [-0.4, -0.2) is 36.5 Å². The van der Waals surface area contributed by atoms with Crippen LogP contribution in [-0.2, 0) is 11.2 Å². The molecule has 0 aliphatic carbocycles. The van der Waals surface area contributed by atoms with Crippen molar-refractivity contribution in [3.8, 4) is 0 Å². The van der Waals surface area contributed by atoms with E-state index in [4.69, 9.17) is 0 Å². The summed E-state index contributed by atoms with van der Waals surface area (Å²) in [5, 5.41) is 3.37. The summed E-state index contributed by atoms with van der Waals surface area (Å²) in [5.41, 5.74) is 2.61. The molecule has 2 atom stereocenters. The molecule has 0 saturated carbocycles. The Morgan fingerprint density at radius 2 is 2.05 bits per heavy atom. The van der Waals surface area contributed by atoms with Gasteiger partial charge in [0.25, 0.3) is 0 Å². The highest BCUT2D eigenvalue weighted by Crippen LogP contribution is 2.21. The summed E-state index contributed by atoms with van der Waals surface area (Å²) in [6, 6.07) is 9.08. The van der Waals surface area contributed by atoms with E-state index in [1.54, 1.807) is 0 Å². The van der Waals surface area contributed by atoms with Crippen LogP contribution >= 0.6 is 12.4 Å². The Morgan fingerprint density at radius 1 is 1.38 bits per heavy atom. The normalized spacial score (nSPS) is 19.8. The average Bonchev–Trinajstić information content (AvgIpc) is 2.47. The Hall–Kier alpha value is -1.06. The number of piperazine rings is 1. The van der Waals surface area contributed by atoms with E-state index in [1.165, 1.54) is 11.1 Å². The maximum atomic E-state index is 12.3. The van der Waals surface area contributed by atoms with Gasteiger partial charge in [-0.2, -0.15) is 0 Å². The largest absolute Gasteiger partial charge is 0.340 e. The minimum atomic E-state index is 0. The summed E-state index contributed by atoms with van der Waals surface area (Å²) in [6.07, 6.45) is 1.67. The smallest absolute Gasteiger partial charge is 0.223 e. The van der Waals surface area contributed by atoms with Crippen LogP contribution in [0.2, 0.25) is 0 Å². The molecule has 1 aliphatic heterocycles. The number of carbonyl (C=O) groups is 1. The van der Waals surface area contributed by atoms with Crippen LogP contribution in [0.3, 0.4) is 0 Å². The molecule has 2 rings (SSSR count). The highest BCUT2D eigenvalue weighted by atomic mass is 35.5. The molecule has 0 radical (unpaired) electrons. The predicted octanol–water partition coefficient (Wildman–Crippen LogP) is 2.98. The number of halogens is 1. The lowest BCUT2D eigenvalue weighted by molar-refractivity contribution is -0.132. The average molecular weight is 311 g/mol. The van der Waals surface area contributed by atoms with Crippen LogP contribution in [0.4, 0.5) is 0 Å². The molecule has 118 valence electrons. The molecule has 1 amide bonds. The Bertz CT molecular complexity index is 447. The lowest BCUT2D eigenvalue weighted by atomic mass is 9.95. The molecule has 1 aliphatic rings. The van der Waals surface area contributed by atoms with Gasteiger partial charge in [-0.15, -0.1) is 12.4 Å². The van der Waals surface area contributed by atoms with Crippen molar-refractivity contribution in [3.63, 3.8) is 0 Å². The Kier molecular flexibility index (Phi) is 7.20. The number of nitrogens with zero attached hydrogens (tertiary/aromatic N) is 1. The van der Waals surface area contributed by atoms with E-state index in [0.717, 1.165) is 26.1 Å². The number of amides is 1. The van der Waals surface area contributed by atoms with E-state index in [2.05, 4.69) is 50.4 Å². The van der Waals surface area contributed by atoms with Gasteiger partial charge in [0.15, 0.2) is 0 Å². The van der Waals surface area contributed by atoms with Crippen LogP contribution in [0.1, 0.15) is 44.2 Å². The molecule has 0 spiro atoms. The maximum absolute atomic E-state index is 12.3. The molecule has 2 unspecified atom stereocenters. The molecule has 1 fully saturated rings. The van der Waals surface area contributed by atoms with Crippen molar-refractivity contribution in [2.24, 2.45) is 0 Å². The van der Waals surface area contributed by atoms with E-state index in [0.29, 0.717) is 18.4 Å². The lowest BCUT2D eigenvalue weighted by Gasteiger charge is -2.32. The maximum Gasteiger partial charge on any atom is 0.223 e. The minimum Gasteiger partial charge on any atom is -0.340 e. The van der Waals surface area contributed by atoms with Gasteiger partial charge < -0.3 is 10.2 Å². The third kappa shape index (κ3) is 5.01. The van der Waals surface area contributed by atoms with E-state index in [9.17, 15) is 4.79 Å². The molecule has 1 aromatic carbocycles. The summed E-state index contributed by atoms with van der Waals surface area (Å²) in [7, 11) is 0. The molecule has 1 saturated heterocycles. The summed E-state index contributed by atoms with van der Waals surface area (Å²) >= 11 is 0. The van der Waals surface area contributed by atoms with E-state index >= 15 is 0 Å². The minimum absolute atomic E-state index is 0.